The molecule has 0 rings (SSSR count). The number of unbranched alkanes of at least 4 members (excludes halogenated alkanes) is 10. The normalized spacial score (nSPS) is 10.4. The molecule has 17 heavy (non-hydrogen) atoms. The second-order valence-electron chi connectivity index (χ2n) is 4.83. The summed E-state index contributed by atoms with van der Waals surface area (Å²) in [5.41, 5.74) is 5.34. The number of nitrogens with one attached hydrogen (secondary N) is 1. The quantitative estimate of drug-likeness (QED) is 0.408. The minimum Gasteiger partial charge on any atom is -0.376 e. The first-order valence-electron chi connectivity index (χ1n) is 7.30. The lowest BCUT2D eigenvalue weighted by Crippen LogP contribution is -2.29. The van der Waals surface area contributed by atoms with Crippen molar-refractivity contribution >= 4 is 17.3 Å². The molecule has 0 aliphatic rings. The van der Waals surface area contributed by atoms with Gasteiger partial charge in [-0.3, -0.25) is 0 Å². The summed E-state index contributed by atoms with van der Waals surface area (Å²) in [5, 5.41) is 3.41. The Kier molecular flexibility index (Phi) is 13.5. The topological polar surface area (TPSA) is 38.0 Å². The van der Waals surface area contributed by atoms with Crippen LogP contribution in [0.5, 0.6) is 0 Å². The van der Waals surface area contributed by atoms with Crippen molar-refractivity contribution in [2.45, 2.75) is 77.6 Å². The Bertz CT molecular complexity index is 172. The van der Waals surface area contributed by atoms with Crippen LogP contribution in [-0.2, 0) is 0 Å². The second-order valence-corrected chi connectivity index (χ2v) is 5.27. The predicted molar refractivity (Wildman–Crippen MR) is 81.2 cm³/mol. The molecule has 0 amide bonds. The highest BCUT2D eigenvalue weighted by atomic mass is 32.1. The number of thiocarbonyl (C=S) groups is 1. The van der Waals surface area contributed by atoms with E-state index >= 15 is 0 Å². The van der Waals surface area contributed by atoms with Gasteiger partial charge >= 0.3 is 0 Å². The van der Waals surface area contributed by atoms with Gasteiger partial charge in [0.25, 0.3) is 0 Å². The highest BCUT2D eigenvalue weighted by Gasteiger charge is 1.93. The van der Waals surface area contributed by atoms with Gasteiger partial charge in [0.05, 0.1) is 0 Å². The molecular weight excluding hydrogens is 228 g/mol. The SMILES string of the molecule is CCCCCCCCCCCCCNC(N)=S. The van der Waals surface area contributed by atoms with Crippen molar-refractivity contribution in [3.63, 3.8) is 0 Å². The maximum Gasteiger partial charge on any atom is 0.163 e. The lowest BCUT2D eigenvalue weighted by Gasteiger charge is -2.04. The summed E-state index contributed by atoms with van der Waals surface area (Å²) in [6.07, 6.45) is 15.1. The fourth-order valence-corrected chi connectivity index (χ4v) is 2.10. The summed E-state index contributed by atoms with van der Waals surface area (Å²) in [6, 6.07) is 0. The fraction of sp³-hybridized carbons (Fsp3) is 0.929. The smallest absolute Gasteiger partial charge is 0.163 e. The van der Waals surface area contributed by atoms with Crippen LogP contribution in [0.25, 0.3) is 0 Å². The Balaban J connectivity index is 2.91. The molecule has 0 heterocycles. The third-order valence-electron chi connectivity index (χ3n) is 3.08. The molecule has 0 fully saturated rings. The molecule has 3 heteroatoms. The zero-order chi connectivity index (χ0) is 12.8. The van der Waals surface area contributed by atoms with Gasteiger partial charge in [0, 0.05) is 6.54 Å². The minimum atomic E-state index is 0.428. The molecule has 2 nitrogen and oxygen atoms in total. The van der Waals surface area contributed by atoms with E-state index in [1.807, 2.05) is 0 Å². The maximum atomic E-state index is 5.34. The first-order valence-corrected chi connectivity index (χ1v) is 7.71. The summed E-state index contributed by atoms with van der Waals surface area (Å²) >= 11 is 4.74. The lowest BCUT2D eigenvalue weighted by atomic mass is 10.1. The highest BCUT2D eigenvalue weighted by molar-refractivity contribution is 7.80. The summed E-state index contributed by atoms with van der Waals surface area (Å²) < 4.78 is 0. The van der Waals surface area contributed by atoms with E-state index in [1.165, 1.54) is 70.6 Å². The third kappa shape index (κ3) is 15.7. The van der Waals surface area contributed by atoms with E-state index in [-0.39, 0.29) is 0 Å². The van der Waals surface area contributed by atoms with E-state index in [1.54, 1.807) is 0 Å². The van der Waals surface area contributed by atoms with Crippen molar-refractivity contribution in [3.05, 3.63) is 0 Å². The summed E-state index contributed by atoms with van der Waals surface area (Å²) in [5.74, 6) is 0. The van der Waals surface area contributed by atoms with Crippen LogP contribution in [0.15, 0.2) is 0 Å². The van der Waals surface area contributed by atoms with Crippen LogP contribution < -0.4 is 11.1 Å². The van der Waals surface area contributed by atoms with Crippen molar-refractivity contribution in [1.82, 2.24) is 5.32 Å². The van der Waals surface area contributed by atoms with Gasteiger partial charge < -0.3 is 11.1 Å². The molecular formula is C14H30N2S. The Morgan fingerprint density at radius 1 is 0.824 bits per heavy atom. The molecule has 0 aliphatic carbocycles. The molecule has 0 spiro atoms. The molecule has 0 aromatic heterocycles. The van der Waals surface area contributed by atoms with E-state index in [2.05, 4.69) is 12.2 Å². The molecule has 0 radical (unpaired) electrons. The van der Waals surface area contributed by atoms with Crippen LogP contribution >= 0.6 is 12.2 Å². The minimum absolute atomic E-state index is 0.428. The van der Waals surface area contributed by atoms with Crippen molar-refractivity contribution in [2.75, 3.05) is 6.54 Å². The average Bonchev–Trinajstić information content (AvgIpc) is 2.30. The Labute approximate surface area is 113 Å². The molecule has 0 aromatic carbocycles. The maximum absolute atomic E-state index is 5.34. The average molecular weight is 258 g/mol. The van der Waals surface area contributed by atoms with Crippen LogP contribution in [0, 0.1) is 0 Å². The first-order chi connectivity index (χ1) is 8.27. The third-order valence-corrected chi connectivity index (χ3v) is 3.22. The predicted octanol–water partition coefficient (Wildman–Crippen LogP) is 4.13. The van der Waals surface area contributed by atoms with Crippen molar-refractivity contribution < 1.29 is 0 Å². The fourth-order valence-electron chi connectivity index (χ4n) is 2.00. The van der Waals surface area contributed by atoms with Gasteiger partial charge in [0.1, 0.15) is 0 Å². The largest absolute Gasteiger partial charge is 0.376 e. The number of rotatable bonds is 12. The van der Waals surface area contributed by atoms with Crippen molar-refractivity contribution in [3.8, 4) is 0 Å². The molecule has 102 valence electrons. The Hall–Kier alpha value is -0.310. The molecule has 0 atom stereocenters. The van der Waals surface area contributed by atoms with Gasteiger partial charge in [0.15, 0.2) is 5.11 Å². The van der Waals surface area contributed by atoms with Crippen molar-refractivity contribution in [2.24, 2.45) is 5.73 Å². The summed E-state index contributed by atoms with van der Waals surface area (Å²) in [6.45, 7) is 3.21. The number of hydrogen-bond acceptors (Lipinski definition) is 1. The molecule has 3 N–H and O–H groups in total. The van der Waals surface area contributed by atoms with E-state index in [9.17, 15) is 0 Å². The van der Waals surface area contributed by atoms with E-state index < -0.39 is 0 Å². The lowest BCUT2D eigenvalue weighted by molar-refractivity contribution is 0.548. The summed E-state index contributed by atoms with van der Waals surface area (Å²) in [4.78, 5) is 0. The van der Waals surface area contributed by atoms with Crippen LogP contribution in [0.2, 0.25) is 0 Å². The van der Waals surface area contributed by atoms with E-state index in [4.69, 9.17) is 18.0 Å². The second kappa shape index (κ2) is 13.8. The summed E-state index contributed by atoms with van der Waals surface area (Å²) in [7, 11) is 0. The van der Waals surface area contributed by atoms with Crippen molar-refractivity contribution in [1.29, 1.82) is 0 Å². The van der Waals surface area contributed by atoms with Crippen LogP contribution in [0.4, 0.5) is 0 Å². The molecule has 0 saturated heterocycles. The Morgan fingerprint density at radius 2 is 1.24 bits per heavy atom. The molecule has 0 unspecified atom stereocenters. The van der Waals surface area contributed by atoms with Gasteiger partial charge in [-0.1, -0.05) is 71.1 Å². The van der Waals surface area contributed by atoms with Gasteiger partial charge in [0.2, 0.25) is 0 Å². The molecule has 0 bridgehead atoms. The zero-order valence-corrected chi connectivity index (χ0v) is 12.3. The van der Waals surface area contributed by atoms with Gasteiger partial charge in [-0.15, -0.1) is 0 Å². The number of hydrogen-bond donors (Lipinski definition) is 2. The molecule has 0 aromatic rings. The van der Waals surface area contributed by atoms with Gasteiger partial charge in [-0.25, -0.2) is 0 Å². The van der Waals surface area contributed by atoms with E-state index in [0.29, 0.717) is 5.11 Å². The Morgan fingerprint density at radius 3 is 1.65 bits per heavy atom. The molecule has 0 aliphatic heterocycles. The van der Waals surface area contributed by atoms with E-state index in [0.717, 1.165) is 6.54 Å². The number of nitrogens with two attached hydrogens (primary N) is 1. The van der Waals surface area contributed by atoms with Crippen LogP contribution in [0.3, 0.4) is 0 Å². The van der Waals surface area contributed by atoms with Gasteiger partial charge in [-0.05, 0) is 18.6 Å². The van der Waals surface area contributed by atoms with Crippen LogP contribution in [0.1, 0.15) is 77.6 Å². The first kappa shape index (κ1) is 16.7. The van der Waals surface area contributed by atoms with Gasteiger partial charge in [-0.2, -0.15) is 0 Å². The standard InChI is InChI=1S/C14H30N2S/c1-2-3-4-5-6-7-8-9-10-11-12-13-16-14(15)17/h2-13H2,1H3,(H3,15,16,17). The monoisotopic (exact) mass is 258 g/mol. The zero-order valence-electron chi connectivity index (χ0n) is 11.5. The molecule has 0 saturated carbocycles. The highest BCUT2D eigenvalue weighted by Crippen LogP contribution is 2.10. The van der Waals surface area contributed by atoms with Crippen LogP contribution in [-0.4, -0.2) is 11.7 Å².